The highest BCUT2D eigenvalue weighted by Gasteiger charge is 2.21. The molecular weight excluding hydrogens is 352 g/mol. The number of ketones is 1. The fourth-order valence-corrected chi connectivity index (χ4v) is 3.46. The SMILES string of the molecule is COc1ccc(C(=O)[C@H](C)Sc2nc3nc(C)cc(C)n3n2)cc1OC. The lowest BCUT2D eigenvalue weighted by Gasteiger charge is -2.11. The Labute approximate surface area is 155 Å². The number of rotatable bonds is 6. The summed E-state index contributed by atoms with van der Waals surface area (Å²) < 4.78 is 12.2. The first kappa shape index (κ1) is 18.2. The molecule has 0 unspecified atom stereocenters. The number of ether oxygens (including phenoxy) is 2. The molecule has 0 radical (unpaired) electrons. The third-order valence-electron chi connectivity index (χ3n) is 3.92. The van der Waals surface area contributed by atoms with Gasteiger partial charge in [-0.05, 0) is 45.0 Å². The van der Waals surface area contributed by atoms with Gasteiger partial charge in [0.1, 0.15) is 0 Å². The van der Waals surface area contributed by atoms with Crippen LogP contribution in [0.4, 0.5) is 0 Å². The molecule has 0 bridgehead atoms. The number of fused-ring (bicyclic) bond motifs is 1. The summed E-state index contributed by atoms with van der Waals surface area (Å²) in [6, 6.07) is 7.08. The zero-order valence-electron chi connectivity index (χ0n) is 15.3. The Balaban J connectivity index is 1.82. The van der Waals surface area contributed by atoms with E-state index in [1.54, 1.807) is 36.9 Å². The summed E-state index contributed by atoms with van der Waals surface area (Å²) in [7, 11) is 3.10. The Hall–Kier alpha value is -2.61. The van der Waals surface area contributed by atoms with Gasteiger partial charge in [0.05, 0.1) is 19.5 Å². The highest BCUT2D eigenvalue weighted by Crippen LogP contribution is 2.30. The van der Waals surface area contributed by atoms with Crippen LogP contribution in [0.25, 0.3) is 5.78 Å². The van der Waals surface area contributed by atoms with Gasteiger partial charge in [-0.1, -0.05) is 11.8 Å². The number of thioether (sulfide) groups is 1. The van der Waals surface area contributed by atoms with Crippen LogP contribution in [0.2, 0.25) is 0 Å². The summed E-state index contributed by atoms with van der Waals surface area (Å²) in [5.74, 6) is 1.62. The van der Waals surface area contributed by atoms with Gasteiger partial charge < -0.3 is 9.47 Å². The van der Waals surface area contributed by atoms with Gasteiger partial charge in [-0.15, -0.1) is 5.10 Å². The predicted octanol–water partition coefficient (Wildman–Crippen LogP) is 3.12. The van der Waals surface area contributed by atoms with Crippen LogP contribution < -0.4 is 9.47 Å². The quantitative estimate of drug-likeness (QED) is 0.486. The van der Waals surface area contributed by atoms with Crippen LogP contribution >= 0.6 is 11.8 Å². The van der Waals surface area contributed by atoms with Crippen molar-refractivity contribution in [1.82, 2.24) is 19.6 Å². The lowest BCUT2D eigenvalue weighted by molar-refractivity contribution is 0.0993. The van der Waals surface area contributed by atoms with E-state index in [1.807, 2.05) is 26.8 Å². The molecule has 0 amide bonds. The molecule has 0 aliphatic rings. The lowest BCUT2D eigenvalue weighted by Crippen LogP contribution is -2.14. The van der Waals surface area contributed by atoms with E-state index in [1.165, 1.54) is 11.8 Å². The zero-order valence-corrected chi connectivity index (χ0v) is 16.1. The molecule has 1 atom stereocenters. The highest BCUT2D eigenvalue weighted by atomic mass is 32.2. The number of nitrogens with zero attached hydrogens (tertiary/aromatic N) is 4. The molecular formula is C18H20N4O3S. The first-order chi connectivity index (χ1) is 12.4. The number of Topliss-reactive ketones (excluding diaryl/α,β-unsaturated/α-hetero) is 1. The Bertz CT molecular complexity index is 970. The molecule has 3 rings (SSSR count). The Morgan fingerprint density at radius 1 is 1.12 bits per heavy atom. The number of aromatic nitrogens is 4. The van der Waals surface area contributed by atoms with Gasteiger partial charge in [-0.25, -0.2) is 9.50 Å². The molecule has 1 aromatic carbocycles. The first-order valence-corrected chi connectivity index (χ1v) is 8.95. The standard InChI is InChI=1S/C18H20N4O3S/c1-10-8-11(2)22-17(19-10)20-18(21-22)26-12(3)16(23)13-6-7-14(24-4)15(9-13)25-5/h6-9,12H,1-5H3/t12-/m0/s1. The summed E-state index contributed by atoms with van der Waals surface area (Å²) in [5, 5.41) is 4.61. The van der Waals surface area contributed by atoms with Gasteiger partial charge in [0.15, 0.2) is 17.3 Å². The van der Waals surface area contributed by atoms with E-state index < -0.39 is 0 Å². The average molecular weight is 372 g/mol. The van der Waals surface area contributed by atoms with Crippen LogP contribution in [-0.2, 0) is 0 Å². The molecule has 0 aliphatic carbocycles. The smallest absolute Gasteiger partial charge is 0.253 e. The molecule has 0 saturated heterocycles. The van der Waals surface area contributed by atoms with Gasteiger partial charge in [0.2, 0.25) is 5.16 Å². The molecule has 136 valence electrons. The maximum Gasteiger partial charge on any atom is 0.253 e. The fraction of sp³-hybridized carbons (Fsp3) is 0.333. The summed E-state index contributed by atoms with van der Waals surface area (Å²) in [4.78, 5) is 21.5. The summed E-state index contributed by atoms with van der Waals surface area (Å²) in [6.07, 6.45) is 0. The average Bonchev–Trinajstić information content (AvgIpc) is 3.02. The van der Waals surface area contributed by atoms with Crippen LogP contribution in [0.15, 0.2) is 29.4 Å². The van der Waals surface area contributed by atoms with Crippen LogP contribution in [-0.4, -0.2) is 44.8 Å². The number of methoxy groups -OCH3 is 2. The van der Waals surface area contributed by atoms with Crippen molar-refractivity contribution in [1.29, 1.82) is 0 Å². The molecule has 2 aromatic heterocycles. The molecule has 26 heavy (non-hydrogen) atoms. The minimum atomic E-state index is -0.355. The van der Waals surface area contributed by atoms with Crippen molar-refractivity contribution >= 4 is 23.3 Å². The fourth-order valence-electron chi connectivity index (χ4n) is 2.63. The van der Waals surface area contributed by atoms with E-state index in [0.717, 1.165) is 11.4 Å². The van der Waals surface area contributed by atoms with Gasteiger partial charge in [-0.2, -0.15) is 4.98 Å². The van der Waals surface area contributed by atoms with Crippen molar-refractivity contribution in [3.8, 4) is 11.5 Å². The van der Waals surface area contributed by atoms with Crippen LogP contribution in [0, 0.1) is 13.8 Å². The molecule has 0 spiro atoms. The van der Waals surface area contributed by atoms with Gasteiger partial charge in [-0.3, -0.25) is 4.79 Å². The number of hydrogen-bond donors (Lipinski definition) is 0. The van der Waals surface area contributed by atoms with E-state index in [4.69, 9.17) is 9.47 Å². The second kappa shape index (κ2) is 7.33. The third kappa shape index (κ3) is 3.50. The minimum absolute atomic E-state index is 0.0318. The van der Waals surface area contributed by atoms with Gasteiger partial charge in [0.25, 0.3) is 5.78 Å². The second-order valence-electron chi connectivity index (χ2n) is 5.84. The molecule has 0 aliphatic heterocycles. The summed E-state index contributed by atoms with van der Waals surface area (Å²) in [5.41, 5.74) is 2.38. The Morgan fingerprint density at radius 3 is 2.54 bits per heavy atom. The second-order valence-corrected chi connectivity index (χ2v) is 7.15. The monoisotopic (exact) mass is 372 g/mol. The zero-order chi connectivity index (χ0) is 18.8. The molecule has 0 saturated carbocycles. The van der Waals surface area contributed by atoms with E-state index >= 15 is 0 Å². The number of carbonyl (C=O) groups excluding carboxylic acids is 1. The number of aryl methyl sites for hydroxylation is 2. The van der Waals surface area contributed by atoms with E-state index in [2.05, 4.69) is 15.1 Å². The predicted molar refractivity (Wildman–Crippen MR) is 99.5 cm³/mol. The maximum atomic E-state index is 12.8. The van der Waals surface area contributed by atoms with Crippen molar-refractivity contribution in [2.45, 2.75) is 31.2 Å². The lowest BCUT2D eigenvalue weighted by atomic mass is 10.1. The van der Waals surface area contributed by atoms with Crippen molar-refractivity contribution < 1.29 is 14.3 Å². The topological polar surface area (TPSA) is 78.6 Å². The van der Waals surface area contributed by atoms with Crippen LogP contribution in [0.3, 0.4) is 0 Å². The van der Waals surface area contributed by atoms with Crippen LogP contribution in [0.5, 0.6) is 11.5 Å². The molecule has 7 nitrogen and oxygen atoms in total. The van der Waals surface area contributed by atoms with Crippen molar-refractivity contribution in [2.24, 2.45) is 0 Å². The first-order valence-electron chi connectivity index (χ1n) is 8.07. The molecule has 0 N–H and O–H groups in total. The van der Waals surface area contributed by atoms with Crippen molar-refractivity contribution in [3.05, 3.63) is 41.2 Å². The van der Waals surface area contributed by atoms with Crippen molar-refractivity contribution in [2.75, 3.05) is 14.2 Å². The van der Waals surface area contributed by atoms with Crippen molar-refractivity contribution in [3.63, 3.8) is 0 Å². The normalized spacial score (nSPS) is 12.2. The maximum absolute atomic E-state index is 12.8. The molecule has 2 heterocycles. The van der Waals surface area contributed by atoms with Gasteiger partial charge in [0, 0.05) is 17.0 Å². The van der Waals surface area contributed by atoms with Gasteiger partial charge >= 0.3 is 0 Å². The Morgan fingerprint density at radius 2 is 1.85 bits per heavy atom. The molecule has 3 aromatic rings. The largest absolute Gasteiger partial charge is 0.493 e. The van der Waals surface area contributed by atoms with Crippen LogP contribution in [0.1, 0.15) is 28.7 Å². The highest BCUT2D eigenvalue weighted by molar-refractivity contribution is 8.00. The van der Waals surface area contributed by atoms with E-state index in [9.17, 15) is 4.79 Å². The summed E-state index contributed by atoms with van der Waals surface area (Å²) in [6.45, 7) is 5.70. The molecule has 8 heteroatoms. The number of carbonyl (C=O) groups is 1. The minimum Gasteiger partial charge on any atom is -0.493 e. The van der Waals surface area contributed by atoms with E-state index in [-0.39, 0.29) is 11.0 Å². The molecule has 0 fully saturated rings. The third-order valence-corrected chi connectivity index (χ3v) is 4.87. The number of benzene rings is 1. The Kier molecular flexibility index (Phi) is 5.13. The van der Waals surface area contributed by atoms with E-state index in [0.29, 0.717) is 28.0 Å². The summed E-state index contributed by atoms with van der Waals surface area (Å²) >= 11 is 1.31. The number of hydrogen-bond acceptors (Lipinski definition) is 7.